The van der Waals surface area contributed by atoms with E-state index < -0.39 is 0 Å². The molecule has 0 aliphatic heterocycles. The summed E-state index contributed by atoms with van der Waals surface area (Å²) in [5.41, 5.74) is 1.30. The minimum Gasteiger partial charge on any atom is -0.378 e. The molecule has 1 nitrogen and oxygen atoms in total. The highest BCUT2D eigenvalue weighted by molar-refractivity contribution is 9.09. The van der Waals surface area contributed by atoms with Gasteiger partial charge in [-0.1, -0.05) is 28.1 Å². The fourth-order valence-corrected chi connectivity index (χ4v) is 1.25. The van der Waals surface area contributed by atoms with E-state index in [1.54, 1.807) is 0 Å². The largest absolute Gasteiger partial charge is 0.378 e. The van der Waals surface area contributed by atoms with Gasteiger partial charge < -0.3 is 4.90 Å². The predicted molar refractivity (Wildman–Crippen MR) is 48.2 cm³/mol. The van der Waals surface area contributed by atoms with Crippen molar-refractivity contribution in [3.8, 4) is 0 Å². The highest BCUT2D eigenvalue weighted by Crippen LogP contribution is 2.17. The van der Waals surface area contributed by atoms with Crippen molar-refractivity contribution in [2.75, 3.05) is 14.1 Å². The molecule has 2 heteroatoms. The standard InChI is InChI=1S/C8H12BrN/c1-10(2)8-5-3-7(9)4-6-8/h3,5-7H,4H2,1-2H3. The molecule has 1 rings (SSSR count). The lowest BCUT2D eigenvalue weighted by Gasteiger charge is -2.17. The Balaban J connectivity index is 2.59. The Morgan fingerprint density at radius 3 is 2.70 bits per heavy atom. The summed E-state index contributed by atoms with van der Waals surface area (Å²) in [4.78, 5) is 2.66. The zero-order valence-corrected chi connectivity index (χ0v) is 7.93. The van der Waals surface area contributed by atoms with Crippen LogP contribution >= 0.6 is 15.9 Å². The van der Waals surface area contributed by atoms with Crippen molar-refractivity contribution < 1.29 is 0 Å². The van der Waals surface area contributed by atoms with Gasteiger partial charge in [-0.05, 0) is 12.5 Å². The van der Waals surface area contributed by atoms with Crippen LogP contribution in [-0.4, -0.2) is 23.8 Å². The second-order valence-corrected chi connectivity index (χ2v) is 3.81. The Kier molecular flexibility index (Phi) is 2.55. The van der Waals surface area contributed by atoms with Gasteiger partial charge in [0.2, 0.25) is 0 Å². The van der Waals surface area contributed by atoms with Crippen molar-refractivity contribution >= 4 is 15.9 Å². The Morgan fingerprint density at radius 1 is 1.60 bits per heavy atom. The van der Waals surface area contributed by atoms with E-state index in [-0.39, 0.29) is 0 Å². The van der Waals surface area contributed by atoms with Crippen LogP contribution in [0.5, 0.6) is 0 Å². The van der Waals surface area contributed by atoms with E-state index in [1.807, 2.05) is 0 Å². The number of hydrogen-bond donors (Lipinski definition) is 0. The Hall–Kier alpha value is -0.240. The van der Waals surface area contributed by atoms with Crippen LogP contribution in [0.2, 0.25) is 0 Å². The first-order valence-electron chi connectivity index (χ1n) is 3.40. The van der Waals surface area contributed by atoms with E-state index >= 15 is 0 Å². The van der Waals surface area contributed by atoms with E-state index in [4.69, 9.17) is 0 Å². The maximum absolute atomic E-state index is 3.51. The monoisotopic (exact) mass is 201 g/mol. The second-order valence-electron chi connectivity index (χ2n) is 2.63. The van der Waals surface area contributed by atoms with Crippen LogP contribution in [0.25, 0.3) is 0 Å². The lowest BCUT2D eigenvalue weighted by Crippen LogP contribution is -2.12. The Bertz CT molecular complexity index is 170. The zero-order chi connectivity index (χ0) is 7.56. The Labute approximate surface area is 70.5 Å². The molecule has 1 aliphatic rings. The van der Waals surface area contributed by atoms with Crippen molar-refractivity contribution in [2.24, 2.45) is 0 Å². The number of allylic oxidation sites excluding steroid dienone is 3. The van der Waals surface area contributed by atoms with Crippen LogP contribution in [0.3, 0.4) is 0 Å². The number of halogens is 1. The summed E-state index contributed by atoms with van der Waals surface area (Å²) in [6.07, 6.45) is 7.65. The quantitative estimate of drug-likeness (QED) is 0.589. The molecule has 0 aromatic heterocycles. The first-order chi connectivity index (χ1) is 4.70. The van der Waals surface area contributed by atoms with E-state index in [2.05, 4.69) is 53.2 Å². The summed E-state index contributed by atoms with van der Waals surface area (Å²) in [5.74, 6) is 0. The fraction of sp³-hybridized carbons (Fsp3) is 0.500. The van der Waals surface area contributed by atoms with Crippen LogP contribution < -0.4 is 0 Å². The van der Waals surface area contributed by atoms with Crippen molar-refractivity contribution in [3.63, 3.8) is 0 Å². The molecule has 1 unspecified atom stereocenters. The van der Waals surface area contributed by atoms with Crippen LogP contribution in [-0.2, 0) is 0 Å². The van der Waals surface area contributed by atoms with Gasteiger partial charge in [0.1, 0.15) is 0 Å². The lowest BCUT2D eigenvalue weighted by molar-refractivity contribution is 0.524. The van der Waals surface area contributed by atoms with E-state index in [1.165, 1.54) is 5.70 Å². The van der Waals surface area contributed by atoms with Crippen molar-refractivity contribution in [1.29, 1.82) is 0 Å². The number of nitrogens with zero attached hydrogens (tertiary/aromatic N) is 1. The summed E-state index contributed by atoms with van der Waals surface area (Å²) >= 11 is 3.51. The average molecular weight is 202 g/mol. The SMILES string of the molecule is CN(C)C1=CCC(Br)C=C1. The Morgan fingerprint density at radius 2 is 2.30 bits per heavy atom. The molecule has 1 atom stereocenters. The maximum Gasteiger partial charge on any atom is 0.0364 e. The molecule has 0 heterocycles. The summed E-state index contributed by atoms with van der Waals surface area (Å²) in [7, 11) is 4.12. The van der Waals surface area contributed by atoms with Gasteiger partial charge in [-0.15, -0.1) is 0 Å². The molecule has 1 aliphatic carbocycles. The smallest absolute Gasteiger partial charge is 0.0364 e. The van der Waals surface area contributed by atoms with E-state index in [9.17, 15) is 0 Å². The molecule has 56 valence electrons. The maximum atomic E-state index is 3.51. The highest BCUT2D eigenvalue weighted by atomic mass is 79.9. The van der Waals surface area contributed by atoms with Gasteiger partial charge in [-0.2, -0.15) is 0 Å². The predicted octanol–water partition coefficient (Wildman–Crippen LogP) is 2.16. The molecule has 0 bridgehead atoms. The van der Waals surface area contributed by atoms with Gasteiger partial charge in [0.15, 0.2) is 0 Å². The first kappa shape index (κ1) is 7.86. The van der Waals surface area contributed by atoms with Gasteiger partial charge in [-0.3, -0.25) is 0 Å². The number of alkyl halides is 1. The second kappa shape index (κ2) is 3.24. The third-order valence-electron chi connectivity index (χ3n) is 1.54. The molecule has 0 amide bonds. The number of hydrogen-bond acceptors (Lipinski definition) is 1. The molecular weight excluding hydrogens is 190 g/mol. The third-order valence-corrected chi connectivity index (χ3v) is 2.22. The number of rotatable bonds is 1. The van der Waals surface area contributed by atoms with Gasteiger partial charge in [-0.25, -0.2) is 0 Å². The molecule has 0 radical (unpaired) electrons. The summed E-state index contributed by atoms with van der Waals surface area (Å²) < 4.78 is 0. The molecule has 10 heavy (non-hydrogen) atoms. The molecule has 0 aromatic carbocycles. The molecule has 0 fully saturated rings. The summed E-state index contributed by atoms with van der Waals surface area (Å²) in [6, 6.07) is 0. The zero-order valence-electron chi connectivity index (χ0n) is 6.34. The summed E-state index contributed by atoms with van der Waals surface area (Å²) in [5, 5.41) is 0. The van der Waals surface area contributed by atoms with E-state index in [0.717, 1.165) is 6.42 Å². The topological polar surface area (TPSA) is 3.24 Å². The van der Waals surface area contributed by atoms with Gasteiger partial charge >= 0.3 is 0 Å². The first-order valence-corrected chi connectivity index (χ1v) is 4.31. The molecule has 0 aromatic rings. The minimum absolute atomic E-state index is 0.538. The van der Waals surface area contributed by atoms with Gasteiger partial charge in [0, 0.05) is 24.6 Å². The van der Waals surface area contributed by atoms with Crippen LogP contribution in [0.4, 0.5) is 0 Å². The molecular formula is C8H12BrN. The van der Waals surface area contributed by atoms with Crippen molar-refractivity contribution in [2.45, 2.75) is 11.2 Å². The normalized spacial score (nSPS) is 24.3. The van der Waals surface area contributed by atoms with Crippen molar-refractivity contribution in [3.05, 3.63) is 23.9 Å². The van der Waals surface area contributed by atoms with Crippen molar-refractivity contribution in [1.82, 2.24) is 4.90 Å². The number of likely N-dealkylation sites (N-methyl/N-ethyl adjacent to an activating group) is 1. The highest BCUT2D eigenvalue weighted by Gasteiger charge is 2.04. The molecule has 0 spiro atoms. The van der Waals surface area contributed by atoms with Crippen LogP contribution in [0.1, 0.15) is 6.42 Å². The summed E-state index contributed by atoms with van der Waals surface area (Å²) in [6.45, 7) is 0. The van der Waals surface area contributed by atoms with Crippen LogP contribution in [0.15, 0.2) is 23.9 Å². The lowest BCUT2D eigenvalue weighted by atomic mass is 10.1. The fourth-order valence-electron chi connectivity index (χ4n) is 0.915. The third kappa shape index (κ3) is 1.87. The molecule has 0 saturated heterocycles. The average Bonchev–Trinajstić information content (AvgIpc) is 1.88. The molecule has 0 saturated carbocycles. The van der Waals surface area contributed by atoms with Gasteiger partial charge in [0.25, 0.3) is 0 Å². The minimum atomic E-state index is 0.538. The van der Waals surface area contributed by atoms with E-state index in [0.29, 0.717) is 4.83 Å². The molecule has 0 N–H and O–H groups in total. The van der Waals surface area contributed by atoms with Crippen LogP contribution in [0, 0.1) is 0 Å². The van der Waals surface area contributed by atoms with Gasteiger partial charge in [0.05, 0.1) is 0 Å².